The number of nitrogens with zero attached hydrogens (tertiary/aromatic N) is 3. The number of fused-ring (bicyclic) bond motifs is 1. The zero-order chi connectivity index (χ0) is 17.1. The number of hydrogen-bond acceptors (Lipinski definition) is 7. The maximum atomic E-state index is 11.9. The van der Waals surface area contributed by atoms with Crippen molar-refractivity contribution in [1.29, 1.82) is 0 Å². The minimum atomic E-state index is -0.324. The van der Waals surface area contributed by atoms with Crippen LogP contribution in [0, 0.1) is 13.8 Å². The van der Waals surface area contributed by atoms with E-state index in [2.05, 4.69) is 41.2 Å². The summed E-state index contributed by atoms with van der Waals surface area (Å²) in [6.45, 7) is 6.91. The monoisotopic (exact) mass is 336 g/mol. The van der Waals surface area contributed by atoms with E-state index in [1.807, 2.05) is 13.8 Å². The summed E-state index contributed by atoms with van der Waals surface area (Å²) in [5, 5.41) is 4.38. The number of carbonyl (C=O) groups excluding carboxylic acids is 1. The van der Waals surface area contributed by atoms with Gasteiger partial charge in [-0.15, -0.1) is 11.3 Å². The second-order valence-electron chi connectivity index (χ2n) is 5.98. The van der Waals surface area contributed by atoms with Crippen LogP contribution in [-0.2, 0) is 4.74 Å². The van der Waals surface area contributed by atoms with Crippen LogP contribution < -0.4 is 5.32 Å². The fourth-order valence-electron chi connectivity index (χ4n) is 2.39. The third-order valence-corrected chi connectivity index (χ3v) is 4.83. The van der Waals surface area contributed by atoms with Gasteiger partial charge in [0.2, 0.25) is 0 Å². The molecule has 0 spiro atoms. The molecular formula is C16H24N4O2S. The van der Waals surface area contributed by atoms with E-state index in [1.54, 1.807) is 0 Å². The number of aromatic nitrogens is 2. The Bertz CT molecular complexity index is 712. The first-order valence-electron chi connectivity index (χ1n) is 7.60. The fourth-order valence-corrected chi connectivity index (χ4v) is 3.54. The van der Waals surface area contributed by atoms with Gasteiger partial charge in [0.05, 0.1) is 12.5 Å². The van der Waals surface area contributed by atoms with Gasteiger partial charge in [-0.1, -0.05) is 0 Å². The van der Waals surface area contributed by atoms with Gasteiger partial charge in [-0.3, -0.25) is 0 Å². The SMILES string of the molecule is COC(=O)c1sc2nc(C)nc(NC(C)CCN(C)C)c2c1C. The lowest BCUT2D eigenvalue weighted by Crippen LogP contribution is -2.23. The maximum absolute atomic E-state index is 11.9. The van der Waals surface area contributed by atoms with E-state index in [1.165, 1.54) is 18.4 Å². The van der Waals surface area contributed by atoms with Crippen LogP contribution >= 0.6 is 11.3 Å². The van der Waals surface area contributed by atoms with Crippen LogP contribution in [0.4, 0.5) is 5.82 Å². The van der Waals surface area contributed by atoms with Gasteiger partial charge in [0.1, 0.15) is 21.3 Å². The molecule has 0 bridgehead atoms. The summed E-state index contributed by atoms with van der Waals surface area (Å²) < 4.78 is 4.86. The maximum Gasteiger partial charge on any atom is 0.348 e. The van der Waals surface area contributed by atoms with Crippen molar-refractivity contribution in [2.75, 3.05) is 33.1 Å². The Morgan fingerprint density at radius 3 is 2.65 bits per heavy atom. The minimum absolute atomic E-state index is 0.274. The summed E-state index contributed by atoms with van der Waals surface area (Å²) >= 11 is 1.36. The average Bonchev–Trinajstić information content (AvgIpc) is 2.81. The molecule has 0 amide bonds. The number of anilines is 1. The molecular weight excluding hydrogens is 312 g/mol. The van der Waals surface area contributed by atoms with Gasteiger partial charge in [-0.2, -0.15) is 0 Å². The standard InChI is InChI=1S/C16H24N4O2S/c1-9(7-8-20(4)5)17-14-12-10(2)13(16(21)22-6)23-15(12)19-11(3)18-14/h9H,7-8H2,1-6H3,(H,17,18,19). The molecule has 0 saturated heterocycles. The largest absolute Gasteiger partial charge is 0.465 e. The zero-order valence-corrected chi connectivity index (χ0v) is 15.4. The predicted octanol–water partition coefficient (Wildman–Crippen LogP) is 2.85. The number of aryl methyl sites for hydroxylation is 2. The summed E-state index contributed by atoms with van der Waals surface area (Å²) in [4.78, 5) is 24.5. The van der Waals surface area contributed by atoms with E-state index in [9.17, 15) is 4.79 Å². The molecule has 2 aromatic rings. The van der Waals surface area contributed by atoms with Gasteiger partial charge in [-0.05, 0) is 53.4 Å². The van der Waals surface area contributed by atoms with Crippen LogP contribution in [0.1, 0.15) is 34.4 Å². The van der Waals surface area contributed by atoms with Gasteiger partial charge in [0.25, 0.3) is 0 Å². The van der Waals surface area contributed by atoms with Crippen LogP contribution in [-0.4, -0.2) is 54.6 Å². The van der Waals surface area contributed by atoms with Crippen molar-refractivity contribution in [3.05, 3.63) is 16.3 Å². The van der Waals surface area contributed by atoms with Gasteiger partial charge >= 0.3 is 5.97 Å². The first-order chi connectivity index (χ1) is 10.8. The first-order valence-corrected chi connectivity index (χ1v) is 8.42. The number of nitrogens with one attached hydrogen (secondary N) is 1. The van der Waals surface area contributed by atoms with Crippen LogP contribution in [0.2, 0.25) is 0 Å². The molecule has 23 heavy (non-hydrogen) atoms. The number of carbonyl (C=O) groups is 1. The summed E-state index contributed by atoms with van der Waals surface area (Å²) in [7, 11) is 5.52. The molecule has 0 saturated carbocycles. The van der Waals surface area contributed by atoms with E-state index >= 15 is 0 Å². The molecule has 126 valence electrons. The van der Waals surface area contributed by atoms with E-state index in [0.29, 0.717) is 10.7 Å². The topological polar surface area (TPSA) is 67.3 Å². The molecule has 1 unspecified atom stereocenters. The number of ether oxygens (including phenoxy) is 1. The van der Waals surface area contributed by atoms with Crippen LogP contribution in [0.25, 0.3) is 10.2 Å². The number of methoxy groups -OCH3 is 1. The molecule has 2 rings (SSSR count). The average molecular weight is 336 g/mol. The summed E-state index contributed by atoms with van der Waals surface area (Å²) in [5.41, 5.74) is 0.874. The molecule has 0 aliphatic heterocycles. The Morgan fingerprint density at radius 2 is 2.04 bits per heavy atom. The van der Waals surface area contributed by atoms with Crippen LogP contribution in [0.3, 0.4) is 0 Å². The molecule has 0 aliphatic carbocycles. The molecule has 1 N–H and O–H groups in total. The Morgan fingerprint density at radius 1 is 1.35 bits per heavy atom. The highest BCUT2D eigenvalue weighted by molar-refractivity contribution is 7.20. The third kappa shape index (κ3) is 3.97. The second kappa shape index (κ2) is 7.23. The Hall–Kier alpha value is -1.73. The molecule has 1 atom stereocenters. The molecule has 0 radical (unpaired) electrons. The molecule has 7 heteroatoms. The van der Waals surface area contributed by atoms with E-state index in [-0.39, 0.29) is 12.0 Å². The van der Waals surface area contributed by atoms with Crippen molar-refractivity contribution in [2.24, 2.45) is 0 Å². The zero-order valence-electron chi connectivity index (χ0n) is 14.6. The van der Waals surface area contributed by atoms with E-state index < -0.39 is 0 Å². The lowest BCUT2D eigenvalue weighted by Gasteiger charge is -2.18. The molecule has 0 aliphatic rings. The van der Waals surface area contributed by atoms with Crippen LogP contribution in [0.5, 0.6) is 0 Å². The Kier molecular flexibility index (Phi) is 5.54. The fraction of sp³-hybridized carbons (Fsp3) is 0.562. The van der Waals surface area contributed by atoms with Crippen molar-refractivity contribution in [3.63, 3.8) is 0 Å². The molecule has 2 heterocycles. The highest BCUT2D eigenvalue weighted by atomic mass is 32.1. The molecule has 0 fully saturated rings. The van der Waals surface area contributed by atoms with Gasteiger partial charge in [0.15, 0.2) is 0 Å². The van der Waals surface area contributed by atoms with Crippen molar-refractivity contribution in [1.82, 2.24) is 14.9 Å². The number of esters is 1. The van der Waals surface area contributed by atoms with Gasteiger partial charge in [-0.25, -0.2) is 14.8 Å². The molecule has 0 aromatic carbocycles. The number of hydrogen-bond donors (Lipinski definition) is 1. The second-order valence-corrected chi connectivity index (χ2v) is 6.98. The minimum Gasteiger partial charge on any atom is -0.465 e. The highest BCUT2D eigenvalue weighted by Gasteiger charge is 2.21. The summed E-state index contributed by atoms with van der Waals surface area (Å²) in [6.07, 6.45) is 1.00. The van der Waals surface area contributed by atoms with Crippen molar-refractivity contribution < 1.29 is 9.53 Å². The quantitative estimate of drug-likeness (QED) is 0.818. The first kappa shape index (κ1) is 17.6. The Labute approximate surface area is 140 Å². The summed E-state index contributed by atoms with van der Waals surface area (Å²) in [6, 6.07) is 0.274. The third-order valence-electron chi connectivity index (χ3n) is 3.67. The lowest BCUT2D eigenvalue weighted by atomic mass is 10.1. The highest BCUT2D eigenvalue weighted by Crippen LogP contribution is 2.34. The van der Waals surface area contributed by atoms with Crippen molar-refractivity contribution in [3.8, 4) is 0 Å². The number of rotatable bonds is 6. The smallest absolute Gasteiger partial charge is 0.348 e. The lowest BCUT2D eigenvalue weighted by molar-refractivity contribution is 0.0605. The van der Waals surface area contributed by atoms with Crippen molar-refractivity contribution >= 4 is 33.3 Å². The molecule has 6 nitrogen and oxygen atoms in total. The van der Waals surface area contributed by atoms with Crippen molar-refractivity contribution in [2.45, 2.75) is 33.2 Å². The van der Waals surface area contributed by atoms with E-state index in [4.69, 9.17) is 4.74 Å². The van der Waals surface area contributed by atoms with Gasteiger partial charge in [0, 0.05) is 6.04 Å². The van der Waals surface area contributed by atoms with Gasteiger partial charge < -0.3 is 15.0 Å². The predicted molar refractivity (Wildman–Crippen MR) is 94.5 cm³/mol. The van der Waals surface area contributed by atoms with Crippen LogP contribution in [0.15, 0.2) is 0 Å². The normalized spacial score (nSPS) is 12.7. The Balaban J connectivity index is 2.39. The summed E-state index contributed by atoms with van der Waals surface area (Å²) in [5.74, 6) is 1.16. The number of thiophene rings is 1. The van der Waals surface area contributed by atoms with E-state index in [0.717, 1.165) is 34.6 Å². The molecule has 2 aromatic heterocycles.